The molecule has 0 saturated carbocycles. The van der Waals surface area contributed by atoms with Crippen LogP contribution in [-0.2, 0) is 36.5 Å². The third-order valence-electron chi connectivity index (χ3n) is 0. The fraction of sp³-hybridized carbons (Fsp3) is 0. The van der Waals surface area contributed by atoms with Gasteiger partial charge in [-0.05, 0) is 0 Å². The molecule has 0 fully saturated rings. The van der Waals surface area contributed by atoms with E-state index >= 15 is 0 Å². The molecule has 0 amide bonds. The minimum Gasteiger partial charge on any atom is -1.00 e. The van der Waals surface area contributed by atoms with E-state index in [-0.39, 0.29) is 187 Å². The van der Waals surface area contributed by atoms with Crippen molar-refractivity contribution in [3.63, 3.8) is 0 Å². The van der Waals surface area contributed by atoms with E-state index in [1.165, 1.54) is 0 Å². The smallest absolute Gasteiger partial charge is 1.00 e. The van der Waals surface area contributed by atoms with E-state index in [9.17, 15) is 0 Å². The quantitative estimate of drug-likeness (QED) is 0.377. The van der Waals surface area contributed by atoms with Gasteiger partial charge in [-0.3, -0.25) is 0 Å². The zero-order valence-electron chi connectivity index (χ0n) is 10.5. The SMILES string of the molecule is [Ca+2].[Fe].[H-].[H-].[H-].[H-].[H-].[H-].[K+].[Mg+2].[Na+].[Zn]. The van der Waals surface area contributed by atoms with Gasteiger partial charge in [0.15, 0.2) is 0 Å². The van der Waals surface area contributed by atoms with Crippen molar-refractivity contribution >= 4 is 60.8 Å². The Labute approximate surface area is 181 Å². The zero-order valence-corrected chi connectivity index (χ0v) is 17.3. The maximum Gasteiger partial charge on any atom is 2.00 e. The standard InChI is InChI=1S/Ca.Fe.K.Mg.Na.Zn.6H/q+2;;+1;+2;+1;;6*-1. The van der Waals surface area contributed by atoms with Crippen LogP contribution in [0.4, 0.5) is 0 Å². The van der Waals surface area contributed by atoms with Crippen molar-refractivity contribution in [3.8, 4) is 0 Å². The Morgan fingerprint density at radius 3 is 1.17 bits per heavy atom. The van der Waals surface area contributed by atoms with E-state index in [0.29, 0.717) is 0 Å². The van der Waals surface area contributed by atoms with Gasteiger partial charge in [0.2, 0.25) is 0 Å². The second kappa shape index (κ2) is 30.8. The molecule has 0 N–H and O–H groups in total. The number of hydrogen-bond acceptors (Lipinski definition) is 0. The maximum atomic E-state index is 0. The summed E-state index contributed by atoms with van der Waals surface area (Å²) in [5.74, 6) is 0. The Balaban J connectivity index is 0. The summed E-state index contributed by atoms with van der Waals surface area (Å²) < 4.78 is 0. The van der Waals surface area contributed by atoms with Gasteiger partial charge in [-0.15, -0.1) is 0 Å². The van der Waals surface area contributed by atoms with E-state index in [0.717, 1.165) is 0 Å². The second-order valence-electron chi connectivity index (χ2n) is 0. The average molecular weight is 254 g/mol. The van der Waals surface area contributed by atoms with Gasteiger partial charge >= 0.3 is 142 Å². The molecule has 0 rings (SSSR count). The van der Waals surface area contributed by atoms with Gasteiger partial charge in [0.05, 0.1) is 0 Å². The van der Waals surface area contributed by atoms with Crippen molar-refractivity contribution in [1.82, 2.24) is 0 Å². The predicted molar refractivity (Wildman–Crippen MR) is 18.2 cm³/mol. The van der Waals surface area contributed by atoms with Gasteiger partial charge in [0.1, 0.15) is 0 Å². The summed E-state index contributed by atoms with van der Waals surface area (Å²) in [6, 6.07) is 0. The van der Waals surface area contributed by atoms with E-state index in [2.05, 4.69) is 0 Å². The van der Waals surface area contributed by atoms with Crippen LogP contribution in [0, 0.1) is 0 Å². The van der Waals surface area contributed by atoms with Crippen LogP contribution in [0.1, 0.15) is 8.56 Å². The molecule has 0 radical (unpaired) electrons. The first kappa shape index (κ1) is 40.9. The monoisotopic (exact) mass is 252 g/mol. The second-order valence-corrected chi connectivity index (χ2v) is 0. The molecule has 0 spiro atoms. The zero-order chi connectivity index (χ0) is 0. The van der Waals surface area contributed by atoms with Crippen molar-refractivity contribution in [1.29, 1.82) is 0 Å². The van der Waals surface area contributed by atoms with Gasteiger partial charge in [0, 0.05) is 36.5 Å². The summed E-state index contributed by atoms with van der Waals surface area (Å²) in [4.78, 5) is 0. The van der Waals surface area contributed by atoms with Gasteiger partial charge in [0.25, 0.3) is 0 Å². The Bertz CT molecular complexity index is 27.5. The van der Waals surface area contributed by atoms with Crippen LogP contribution in [-0.4, -0.2) is 60.8 Å². The van der Waals surface area contributed by atoms with Crippen molar-refractivity contribution < 1.29 is 126 Å². The third-order valence-corrected chi connectivity index (χ3v) is 0. The molecule has 6 heavy (non-hydrogen) atoms. The molecule has 0 bridgehead atoms. The predicted octanol–water partition coefficient (Wildman–Crippen LogP) is -6.08. The van der Waals surface area contributed by atoms with Crippen LogP contribution in [0.5, 0.6) is 0 Å². The molecule has 0 aromatic carbocycles. The molecule has 6 heteroatoms. The molecule has 0 heterocycles. The van der Waals surface area contributed by atoms with Gasteiger partial charge in [-0.25, -0.2) is 0 Å². The van der Waals surface area contributed by atoms with Crippen LogP contribution < -0.4 is 80.9 Å². The topological polar surface area (TPSA) is 0 Å². The number of rotatable bonds is 0. The first-order valence-corrected chi connectivity index (χ1v) is 0. The average Bonchev–Trinajstić information content (AvgIpc) is 0. The molecule has 22 valence electrons. The molecule has 0 aliphatic heterocycles. The minimum absolute atomic E-state index is 0. The summed E-state index contributed by atoms with van der Waals surface area (Å²) in [5.41, 5.74) is 0. The molecule has 0 aliphatic carbocycles. The molecule has 0 aromatic rings. The Hall–Kier alpha value is 5.81. The van der Waals surface area contributed by atoms with Crippen molar-refractivity contribution in [2.75, 3.05) is 0 Å². The third kappa shape index (κ3) is 22.6. The molecule has 0 saturated heterocycles. The Morgan fingerprint density at radius 1 is 1.17 bits per heavy atom. The summed E-state index contributed by atoms with van der Waals surface area (Å²) in [6.07, 6.45) is 0. The molecular weight excluding hydrogens is 248 g/mol. The molecule has 0 nitrogen and oxygen atoms in total. The normalized spacial score (nSPS) is 0. The summed E-state index contributed by atoms with van der Waals surface area (Å²) in [7, 11) is 0. The molecule has 0 aliphatic rings. The maximum absolute atomic E-state index is 0. The summed E-state index contributed by atoms with van der Waals surface area (Å²) in [5, 5.41) is 0. The Morgan fingerprint density at radius 2 is 1.17 bits per heavy atom. The summed E-state index contributed by atoms with van der Waals surface area (Å²) in [6.45, 7) is 0. The van der Waals surface area contributed by atoms with Crippen LogP contribution >= 0.6 is 0 Å². The summed E-state index contributed by atoms with van der Waals surface area (Å²) >= 11 is 0. The molecule has 0 aromatic heterocycles. The van der Waals surface area contributed by atoms with Crippen molar-refractivity contribution in [3.05, 3.63) is 0 Å². The van der Waals surface area contributed by atoms with Crippen LogP contribution in [0.15, 0.2) is 0 Å². The van der Waals surface area contributed by atoms with E-state index in [4.69, 9.17) is 0 Å². The van der Waals surface area contributed by atoms with E-state index < -0.39 is 0 Å². The first-order chi connectivity index (χ1) is 0. The fourth-order valence-corrected chi connectivity index (χ4v) is 0. The van der Waals surface area contributed by atoms with Crippen molar-refractivity contribution in [2.45, 2.75) is 0 Å². The van der Waals surface area contributed by atoms with E-state index in [1.807, 2.05) is 0 Å². The van der Waals surface area contributed by atoms with Gasteiger partial charge in [-0.1, -0.05) is 0 Å². The van der Waals surface area contributed by atoms with Crippen molar-refractivity contribution in [2.24, 2.45) is 0 Å². The Kier molecular flexibility index (Phi) is 210. The number of hydrogen-bond donors (Lipinski definition) is 0. The van der Waals surface area contributed by atoms with Crippen LogP contribution in [0.2, 0.25) is 0 Å². The fourth-order valence-electron chi connectivity index (χ4n) is 0. The molecule has 0 atom stereocenters. The van der Waals surface area contributed by atoms with Gasteiger partial charge < -0.3 is 8.56 Å². The van der Waals surface area contributed by atoms with Crippen LogP contribution in [0.3, 0.4) is 0 Å². The van der Waals surface area contributed by atoms with E-state index in [1.54, 1.807) is 0 Å². The minimum atomic E-state index is 0. The van der Waals surface area contributed by atoms with Crippen LogP contribution in [0.25, 0.3) is 0 Å². The first-order valence-electron chi connectivity index (χ1n) is 0. The molecular formula is H6CaFeKMgNaZn. The largest absolute Gasteiger partial charge is 2.00 e. The van der Waals surface area contributed by atoms with Gasteiger partial charge in [-0.2, -0.15) is 0 Å². The molecule has 0 unspecified atom stereocenters.